The van der Waals surface area contributed by atoms with Crippen LogP contribution in [-0.2, 0) is 4.79 Å². The zero-order valence-electron chi connectivity index (χ0n) is 12.5. The van der Waals surface area contributed by atoms with Gasteiger partial charge in [0, 0.05) is 52.2 Å². The molecule has 3 N–H and O–H groups in total. The van der Waals surface area contributed by atoms with Crippen LogP contribution in [0.3, 0.4) is 0 Å². The van der Waals surface area contributed by atoms with Crippen LogP contribution >= 0.6 is 0 Å². The zero-order chi connectivity index (χ0) is 14.1. The first kappa shape index (κ1) is 16.4. The van der Waals surface area contributed by atoms with E-state index >= 15 is 0 Å². The SMILES string of the molecule is CCCC(CN)N1CCN(CCCC(=O)NC)CC1. The standard InChI is InChI=1S/C14H30N4O/c1-3-5-13(12-15)18-10-8-17(9-11-18)7-4-6-14(19)16-2/h13H,3-12,15H2,1-2H3,(H,16,19). The van der Waals surface area contributed by atoms with Crippen LogP contribution in [0, 0.1) is 0 Å². The lowest BCUT2D eigenvalue weighted by molar-refractivity contribution is -0.120. The number of nitrogens with two attached hydrogens (primary N) is 1. The van der Waals surface area contributed by atoms with Crippen molar-refractivity contribution in [3.05, 3.63) is 0 Å². The predicted molar refractivity (Wildman–Crippen MR) is 79.1 cm³/mol. The van der Waals surface area contributed by atoms with Gasteiger partial charge < -0.3 is 16.0 Å². The average Bonchev–Trinajstić information content (AvgIpc) is 2.45. The molecule has 112 valence electrons. The van der Waals surface area contributed by atoms with Gasteiger partial charge in [0.05, 0.1) is 0 Å². The van der Waals surface area contributed by atoms with Crippen LogP contribution in [0.15, 0.2) is 0 Å². The van der Waals surface area contributed by atoms with Gasteiger partial charge in [-0.2, -0.15) is 0 Å². The maximum atomic E-state index is 11.2. The smallest absolute Gasteiger partial charge is 0.219 e. The first-order valence-electron chi connectivity index (χ1n) is 7.58. The van der Waals surface area contributed by atoms with Crippen molar-refractivity contribution in [2.75, 3.05) is 46.3 Å². The van der Waals surface area contributed by atoms with E-state index in [1.807, 2.05) is 0 Å². The van der Waals surface area contributed by atoms with E-state index in [1.54, 1.807) is 7.05 Å². The lowest BCUT2D eigenvalue weighted by Gasteiger charge is -2.39. The normalized spacial score (nSPS) is 19.3. The monoisotopic (exact) mass is 270 g/mol. The average molecular weight is 270 g/mol. The van der Waals surface area contributed by atoms with E-state index in [0.29, 0.717) is 12.5 Å². The summed E-state index contributed by atoms with van der Waals surface area (Å²) >= 11 is 0. The predicted octanol–water partition coefficient (Wildman–Crippen LogP) is 0.258. The van der Waals surface area contributed by atoms with Crippen molar-refractivity contribution in [1.29, 1.82) is 0 Å². The third-order valence-corrected chi connectivity index (χ3v) is 3.97. The van der Waals surface area contributed by atoms with Crippen molar-refractivity contribution < 1.29 is 4.79 Å². The van der Waals surface area contributed by atoms with E-state index in [2.05, 4.69) is 22.0 Å². The van der Waals surface area contributed by atoms with E-state index in [1.165, 1.54) is 12.8 Å². The maximum absolute atomic E-state index is 11.2. The number of hydrogen-bond acceptors (Lipinski definition) is 4. The fraction of sp³-hybridized carbons (Fsp3) is 0.929. The van der Waals surface area contributed by atoms with E-state index < -0.39 is 0 Å². The van der Waals surface area contributed by atoms with Gasteiger partial charge in [0.25, 0.3) is 0 Å². The second kappa shape index (κ2) is 9.28. The van der Waals surface area contributed by atoms with Crippen molar-refractivity contribution in [1.82, 2.24) is 15.1 Å². The molecule has 1 aliphatic heterocycles. The number of nitrogens with zero attached hydrogens (tertiary/aromatic N) is 2. The van der Waals surface area contributed by atoms with Crippen molar-refractivity contribution in [2.45, 2.75) is 38.6 Å². The fourth-order valence-corrected chi connectivity index (χ4v) is 2.72. The fourth-order valence-electron chi connectivity index (χ4n) is 2.72. The quantitative estimate of drug-likeness (QED) is 0.664. The second-order valence-corrected chi connectivity index (χ2v) is 5.33. The molecule has 1 rings (SSSR count). The molecule has 1 saturated heterocycles. The number of nitrogens with one attached hydrogen (secondary N) is 1. The first-order valence-corrected chi connectivity index (χ1v) is 7.58. The largest absolute Gasteiger partial charge is 0.359 e. The summed E-state index contributed by atoms with van der Waals surface area (Å²) in [4.78, 5) is 16.1. The summed E-state index contributed by atoms with van der Waals surface area (Å²) in [6.07, 6.45) is 3.99. The number of carbonyl (C=O) groups is 1. The van der Waals surface area contributed by atoms with E-state index in [0.717, 1.165) is 45.7 Å². The molecular weight excluding hydrogens is 240 g/mol. The Morgan fingerprint density at radius 2 is 2.00 bits per heavy atom. The van der Waals surface area contributed by atoms with Crippen LogP contribution in [0.25, 0.3) is 0 Å². The molecule has 1 fully saturated rings. The highest BCUT2D eigenvalue weighted by molar-refractivity contribution is 5.75. The van der Waals surface area contributed by atoms with Crippen LogP contribution in [0.4, 0.5) is 0 Å². The summed E-state index contributed by atoms with van der Waals surface area (Å²) in [5.41, 5.74) is 5.85. The Kier molecular flexibility index (Phi) is 8.02. The molecular formula is C14H30N4O. The Balaban J connectivity index is 2.19. The number of hydrogen-bond donors (Lipinski definition) is 2. The summed E-state index contributed by atoms with van der Waals surface area (Å²) in [5.74, 6) is 0.143. The van der Waals surface area contributed by atoms with E-state index in [-0.39, 0.29) is 5.91 Å². The molecule has 0 bridgehead atoms. The molecule has 19 heavy (non-hydrogen) atoms. The van der Waals surface area contributed by atoms with Gasteiger partial charge in [-0.1, -0.05) is 13.3 Å². The minimum absolute atomic E-state index is 0.143. The topological polar surface area (TPSA) is 61.6 Å². The number of amides is 1. The summed E-state index contributed by atoms with van der Waals surface area (Å²) in [6, 6.07) is 0.554. The van der Waals surface area contributed by atoms with Gasteiger partial charge >= 0.3 is 0 Å². The molecule has 0 radical (unpaired) electrons. The highest BCUT2D eigenvalue weighted by atomic mass is 16.1. The highest BCUT2D eigenvalue weighted by Crippen LogP contribution is 2.10. The maximum Gasteiger partial charge on any atom is 0.219 e. The van der Waals surface area contributed by atoms with E-state index in [4.69, 9.17) is 5.73 Å². The second-order valence-electron chi connectivity index (χ2n) is 5.33. The van der Waals surface area contributed by atoms with Gasteiger partial charge in [0.1, 0.15) is 0 Å². The van der Waals surface area contributed by atoms with Crippen molar-refractivity contribution >= 4 is 5.91 Å². The Morgan fingerprint density at radius 1 is 1.32 bits per heavy atom. The molecule has 1 unspecified atom stereocenters. The third-order valence-electron chi connectivity index (χ3n) is 3.97. The molecule has 5 nitrogen and oxygen atoms in total. The van der Waals surface area contributed by atoms with Crippen LogP contribution in [0.2, 0.25) is 0 Å². The van der Waals surface area contributed by atoms with Gasteiger partial charge in [0.2, 0.25) is 5.91 Å². The van der Waals surface area contributed by atoms with Gasteiger partial charge in [-0.05, 0) is 19.4 Å². The van der Waals surface area contributed by atoms with E-state index in [9.17, 15) is 4.79 Å². The van der Waals surface area contributed by atoms with Gasteiger partial charge in [-0.25, -0.2) is 0 Å². The molecule has 0 aromatic rings. The minimum Gasteiger partial charge on any atom is -0.359 e. The number of piperazine rings is 1. The lowest BCUT2D eigenvalue weighted by Crippen LogP contribution is -2.52. The van der Waals surface area contributed by atoms with Crippen molar-refractivity contribution in [3.8, 4) is 0 Å². The third kappa shape index (κ3) is 5.89. The van der Waals surface area contributed by atoms with Crippen LogP contribution < -0.4 is 11.1 Å². The first-order chi connectivity index (χ1) is 9.21. The Bertz CT molecular complexity index is 252. The van der Waals surface area contributed by atoms with Crippen LogP contribution in [0.5, 0.6) is 0 Å². The van der Waals surface area contributed by atoms with Gasteiger partial charge in [-0.3, -0.25) is 9.69 Å². The molecule has 0 saturated carbocycles. The summed E-state index contributed by atoms with van der Waals surface area (Å²) in [5, 5.41) is 2.67. The molecule has 1 aliphatic rings. The Hall–Kier alpha value is -0.650. The highest BCUT2D eigenvalue weighted by Gasteiger charge is 2.22. The molecule has 1 heterocycles. The molecule has 0 aliphatic carbocycles. The number of rotatable bonds is 8. The lowest BCUT2D eigenvalue weighted by atomic mass is 10.1. The molecule has 1 atom stereocenters. The molecule has 5 heteroatoms. The van der Waals surface area contributed by atoms with Crippen LogP contribution in [0.1, 0.15) is 32.6 Å². The Labute approximate surface area is 117 Å². The van der Waals surface area contributed by atoms with Gasteiger partial charge in [-0.15, -0.1) is 0 Å². The van der Waals surface area contributed by atoms with Crippen molar-refractivity contribution in [2.24, 2.45) is 5.73 Å². The molecule has 0 aromatic heterocycles. The minimum atomic E-state index is 0.143. The van der Waals surface area contributed by atoms with Crippen molar-refractivity contribution in [3.63, 3.8) is 0 Å². The van der Waals surface area contributed by atoms with Gasteiger partial charge in [0.15, 0.2) is 0 Å². The Morgan fingerprint density at radius 3 is 2.53 bits per heavy atom. The molecule has 1 amide bonds. The molecule has 0 aromatic carbocycles. The summed E-state index contributed by atoms with van der Waals surface area (Å²) < 4.78 is 0. The zero-order valence-corrected chi connectivity index (χ0v) is 12.5. The molecule has 0 spiro atoms. The number of carbonyl (C=O) groups excluding carboxylic acids is 1. The summed E-state index contributed by atoms with van der Waals surface area (Å²) in [6.45, 7) is 8.45. The van der Waals surface area contributed by atoms with Crippen LogP contribution in [-0.4, -0.2) is 68.1 Å². The summed E-state index contributed by atoms with van der Waals surface area (Å²) in [7, 11) is 1.70.